The lowest BCUT2D eigenvalue weighted by Gasteiger charge is -2.08. The molecule has 3 rings (SSSR count). The molecule has 138 valence electrons. The number of aryl methyl sites for hydroxylation is 1. The molecule has 7 heteroatoms. The van der Waals surface area contributed by atoms with E-state index in [1.54, 1.807) is 36.4 Å². The van der Waals surface area contributed by atoms with Crippen molar-refractivity contribution in [2.75, 3.05) is 0 Å². The molecule has 0 spiro atoms. The lowest BCUT2D eigenvalue weighted by Crippen LogP contribution is -2.17. The molecule has 0 aliphatic carbocycles. The SMILES string of the molecule is Cc1cccc(Cl)c1COc1ccc(/C=N/NC(=O)c2ccc(Br)cc2)o1. The summed E-state index contributed by atoms with van der Waals surface area (Å²) < 4.78 is 12.1. The minimum Gasteiger partial charge on any atom is -0.460 e. The molecule has 2 aromatic carbocycles. The lowest BCUT2D eigenvalue weighted by atomic mass is 10.1. The Balaban J connectivity index is 1.55. The van der Waals surface area contributed by atoms with Gasteiger partial charge in [0.15, 0.2) is 5.76 Å². The summed E-state index contributed by atoms with van der Waals surface area (Å²) in [6.07, 6.45) is 1.41. The van der Waals surface area contributed by atoms with E-state index in [-0.39, 0.29) is 5.91 Å². The van der Waals surface area contributed by atoms with Crippen molar-refractivity contribution in [3.63, 3.8) is 0 Å². The zero-order valence-corrected chi connectivity index (χ0v) is 16.8. The van der Waals surface area contributed by atoms with Gasteiger partial charge >= 0.3 is 0 Å². The number of nitrogens with one attached hydrogen (secondary N) is 1. The number of halogens is 2. The fourth-order valence-corrected chi connectivity index (χ4v) is 2.83. The van der Waals surface area contributed by atoms with E-state index >= 15 is 0 Å². The highest BCUT2D eigenvalue weighted by Gasteiger charge is 2.07. The van der Waals surface area contributed by atoms with Gasteiger partial charge in [-0.2, -0.15) is 5.10 Å². The van der Waals surface area contributed by atoms with Crippen molar-refractivity contribution in [1.82, 2.24) is 5.43 Å². The highest BCUT2D eigenvalue weighted by Crippen LogP contribution is 2.22. The number of carbonyl (C=O) groups excluding carboxylic acids is 1. The number of amides is 1. The summed E-state index contributed by atoms with van der Waals surface area (Å²) in [7, 11) is 0. The first kappa shape index (κ1) is 19.2. The standard InChI is InChI=1S/C20H16BrClN2O3/c1-13-3-2-4-18(22)17(13)12-26-19-10-9-16(27-19)11-23-24-20(25)14-5-7-15(21)8-6-14/h2-11H,12H2,1H3,(H,24,25)/b23-11+. The molecule has 0 saturated heterocycles. The number of rotatable bonds is 6. The molecular weight excluding hydrogens is 432 g/mol. The fourth-order valence-electron chi connectivity index (χ4n) is 2.29. The summed E-state index contributed by atoms with van der Waals surface area (Å²) in [5.41, 5.74) is 4.91. The normalized spacial score (nSPS) is 10.9. The number of benzene rings is 2. The van der Waals surface area contributed by atoms with Crippen molar-refractivity contribution >= 4 is 39.7 Å². The first-order valence-corrected chi connectivity index (χ1v) is 9.25. The second kappa shape index (κ2) is 8.88. The average Bonchev–Trinajstić information content (AvgIpc) is 3.09. The molecule has 0 saturated carbocycles. The zero-order chi connectivity index (χ0) is 19.2. The monoisotopic (exact) mass is 446 g/mol. The van der Waals surface area contributed by atoms with E-state index in [9.17, 15) is 4.79 Å². The Morgan fingerprint density at radius 2 is 2.00 bits per heavy atom. The van der Waals surface area contributed by atoms with Gasteiger partial charge in [-0.3, -0.25) is 4.79 Å². The maximum Gasteiger partial charge on any atom is 0.285 e. The molecule has 0 radical (unpaired) electrons. The molecule has 1 heterocycles. The smallest absolute Gasteiger partial charge is 0.285 e. The molecule has 27 heavy (non-hydrogen) atoms. The minimum absolute atomic E-state index is 0.301. The minimum atomic E-state index is -0.309. The maximum atomic E-state index is 12.0. The molecule has 1 amide bonds. The summed E-state index contributed by atoms with van der Waals surface area (Å²) in [4.78, 5) is 12.0. The Bertz CT molecular complexity index is 947. The predicted octanol–water partition coefficient (Wildman–Crippen LogP) is 5.35. The van der Waals surface area contributed by atoms with Crippen molar-refractivity contribution in [3.8, 4) is 5.95 Å². The van der Waals surface area contributed by atoms with Crippen LogP contribution in [0.4, 0.5) is 0 Å². The molecule has 0 unspecified atom stereocenters. The first-order valence-electron chi connectivity index (χ1n) is 8.08. The molecule has 1 N–H and O–H groups in total. The van der Waals surface area contributed by atoms with E-state index in [0.717, 1.165) is 15.6 Å². The van der Waals surface area contributed by atoms with E-state index < -0.39 is 0 Å². The van der Waals surface area contributed by atoms with Gasteiger partial charge in [0.25, 0.3) is 11.9 Å². The molecule has 0 fully saturated rings. The third kappa shape index (κ3) is 5.21. The Kier molecular flexibility index (Phi) is 6.32. The van der Waals surface area contributed by atoms with Crippen LogP contribution >= 0.6 is 27.5 Å². The molecule has 5 nitrogen and oxygen atoms in total. The van der Waals surface area contributed by atoms with Crippen LogP contribution in [0.3, 0.4) is 0 Å². The highest BCUT2D eigenvalue weighted by atomic mass is 79.9. The van der Waals surface area contributed by atoms with Gasteiger partial charge in [-0.05, 0) is 48.9 Å². The zero-order valence-electron chi connectivity index (χ0n) is 14.4. The van der Waals surface area contributed by atoms with E-state index in [2.05, 4.69) is 26.5 Å². The molecule has 0 aliphatic rings. The number of hydrogen-bond acceptors (Lipinski definition) is 4. The average molecular weight is 448 g/mol. The van der Waals surface area contributed by atoms with Gasteiger partial charge in [0, 0.05) is 26.7 Å². The van der Waals surface area contributed by atoms with E-state index in [0.29, 0.717) is 28.9 Å². The Morgan fingerprint density at radius 3 is 2.74 bits per heavy atom. The molecule has 1 aromatic heterocycles. The summed E-state index contributed by atoms with van der Waals surface area (Å²) >= 11 is 9.51. The number of hydrazone groups is 1. The molecule has 0 aliphatic heterocycles. The van der Waals surface area contributed by atoms with Crippen LogP contribution in [0.1, 0.15) is 27.2 Å². The van der Waals surface area contributed by atoms with Gasteiger partial charge in [0.1, 0.15) is 6.61 Å². The van der Waals surface area contributed by atoms with Gasteiger partial charge in [0.2, 0.25) is 0 Å². The van der Waals surface area contributed by atoms with Crippen LogP contribution in [0, 0.1) is 6.92 Å². The largest absolute Gasteiger partial charge is 0.460 e. The predicted molar refractivity (Wildman–Crippen MR) is 108 cm³/mol. The quantitative estimate of drug-likeness (QED) is 0.409. The summed E-state index contributed by atoms with van der Waals surface area (Å²) in [5, 5.41) is 4.55. The van der Waals surface area contributed by atoms with Gasteiger partial charge in [0.05, 0.1) is 6.21 Å². The topological polar surface area (TPSA) is 63.8 Å². The summed E-state index contributed by atoms with van der Waals surface area (Å²) in [5.74, 6) is 0.489. The number of nitrogens with zero attached hydrogens (tertiary/aromatic N) is 1. The van der Waals surface area contributed by atoms with E-state index in [1.165, 1.54) is 6.21 Å². The highest BCUT2D eigenvalue weighted by molar-refractivity contribution is 9.10. The molecular formula is C20H16BrClN2O3. The molecule has 0 atom stereocenters. The Labute approximate surface area is 170 Å². The second-order valence-electron chi connectivity index (χ2n) is 5.69. The van der Waals surface area contributed by atoms with E-state index in [4.69, 9.17) is 20.8 Å². The third-order valence-electron chi connectivity index (χ3n) is 3.78. The van der Waals surface area contributed by atoms with Crippen LogP contribution < -0.4 is 10.2 Å². The number of furan rings is 1. The lowest BCUT2D eigenvalue weighted by molar-refractivity contribution is 0.0955. The van der Waals surface area contributed by atoms with Gasteiger partial charge in [-0.25, -0.2) is 5.43 Å². The van der Waals surface area contributed by atoms with Crippen LogP contribution in [0.5, 0.6) is 5.95 Å². The van der Waals surface area contributed by atoms with E-state index in [1.807, 2.05) is 25.1 Å². The Morgan fingerprint density at radius 1 is 1.22 bits per heavy atom. The first-order chi connectivity index (χ1) is 13.0. The van der Waals surface area contributed by atoms with Crippen LogP contribution in [-0.2, 0) is 6.61 Å². The van der Waals surface area contributed by atoms with Crippen LogP contribution in [0.15, 0.2) is 68.6 Å². The fraction of sp³-hybridized carbons (Fsp3) is 0.100. The summed E-state index contributed by atoms with van der Waals surface area (Å²) in [6, 6.07) is 16.0. The van der Waals surface area contributed by atoms with Crippen LogP contribution in [-0.4, -0.2) is 12.1 Å². The summed E-state index contributed by atoms with van der Waals surface area (Å²) in [6.45, 7) is 2.27. The van der Waals surface area contributed by atoms with Crippen molar-refractivity contribution in [2.24, 2.45) is 5.10 Å². The van der Waals surface area contributed by atoms with Crippen molar-refractivity contribution in [1.29, 1.82) is 0 Å². The number of carbonyl (C=O) groups is 1. The number of hydrogen-bond donors (Lipinski definition) is 1. The number of ether oxygens (including phenoxy) is 1. The third-order valence-corrected chi connectivity index (χ3v) is 4.66. The van der Waals surface area contributed by atoms with Gasteiger partial charge in [-0.1, -0.05) is 39.7 Å². The molecule has 3 aromatic rings. The second-order valence-corrected chi connectivity index (χ2v) is 7.01. The van der Waals surface area contributed by atoms with Gasteiger partial charge < -0.3 is 9.15 Å². The van der Waals surface area contributed by atoms with Crippen LogP contribution in [0.2, 0.25) is 5.02 Å². The van der Waals surface area contributed by atoms with Crippen LogP contribution in [0.25, 0.3) is 0 Å². The maximum absolute atomic E-state index is 12.0. The molecule has 0 bridgehead atoms. The van der Waals surface area contributed by atoms with Crippen molar-refractivity contribution in [2.45, 2.75) is 13.5 Å². The van der Waals surface area contributed by atoms with Crippen molar-refractivity contribution in [3.05, 3.63) is 86.5 Å². The Hall–Kier alpha value is -2.57. The van der Waals surface area contributed by atoms with Gasteiger partial charge in [-0.15, -0.1) is 0 Å². The van der Waals surface area contributed by atoms with Crippen molar-refractivity contribution < 1.29 is 13.9 Å².